The molecule has 0 spiro atoms. The number of hydrogen-bond acceptors (Lipinski definition) is 5. The van der Waals surface area contributed by atoms with E-state index in [-0.39, 0.29) is 0 Å². The number of urea groups is 1. The number of carbonyl (C=O) groups is 1. The fourth-order valence-electron chi connectivity index (χ4n) is 0.650. The minimum Gasteiger partial charge on any atom is -0.259 e. The third kappa shape index (κ3) is 2.53. The molecule has 0 saturated carbocycles. The Labute approximate surface area is 70.2 Å². The Morgan fingerprint density at radius 1 is 1.50 bits per heavy atom. The van der Waals surface area contributed by atoms with Gasteiger partial charge in [-0.25, -0.2) is 9.80 Å². The van der Waals surface area contributed by atoms with E-state index in [4.69, 9.17) is 5.53 Å². The van der Waals surface area contributed by atoms with Crippen molar-refractivity contribution in [2.45, 2.75) is 6.92 Å². The molecule has 0 aromatic heterocycles. The summed E-state index contributed by atoms with van der Waals surface area (Å²) >= 11 is 0. The molecule has 7 nitrogen and oxygen atoms in total. The molecule has 0 heterocycles. The molecule has 0 fully saturated rings. The van der Waals surface area contributed by atoms with Crippen molar-refractivity contribution in [2.75, 3.05) is 20.8 Å². The summed E-state index contributed by atoms with van der Waals surface area (Å²) in [5.41, 5.74) is 6.48. The van der Waals surface area contributed by atoms with Gasteiger partial charge in [0.15, 0.2) is 0 Å². The van der Waals surface area contributed by atoms with Gasteiger partial charge in [0.1, 0.15) is 0 Å². The normalized spacial score (nSPS) is 10.0. The van der Waals surface area contributed by atoms with Gasteiger partial charge in [0, 0.05) is 11.9 Å². The van der Waals surface area contributed by atoms with Crippen LogP contribution in [-0.2, 0) is 9.68 Å². The van der Waals surface area contributed by atoms with Crippen molar-refractivity contribution in [3.05, 3.63) is 0 Å². The molecule has 0 bridgehead atoms. The van der Waals surface area contributed by atoms with Gasteiger partial charge in [-0.1, -0.05) is 5.11 Å². The summed E-state index contributed by atoms with van der Waals surface area (Å²) < 4.78 is 0. The Morgan fingerprint density at radius 2 is 2.00 bits per heavy atom. The van der Waals surface area contributed by atoms with Gasteiger partial charge in [-0.15, -0.1) is 0 Å². The Balaban J connectivity index is 4.29. The first-order chi connectivity index (χ1) is 5.71. The molecule has 0 rings (SSSR count). The van der Waals surface area contributed by atoms with Crippen molar-refractivity contribution in [2.24, 2.45) is 5.11 Å². The van der Waals surface area contributed by atoms with Crippen molar-refractivity contribution < 1.29 is 14.5 Å². The summed E-state index contributed by atoms with van der Waals surface area (Å²) in [4.78, 5) is 20.2. The van der Waals surface area contributed by atoms with Crippen molar-refractivity contribution >= 4 is 6.03 Å². The van der Waals surface area contributed by atoms with Crippen LogP contribution in [0.15, 0.2) is 5.11 Å². The van der Waals surface area contributed by atoms with E-state index >= 15 is 0 Å². The van der Waals surface area contributed by atoms with Crippen LogP contribution in [0.1, 0.15) is 6.92 Å². The standard InChI is InChI=1S/C5H12N4O3/c1-4-8(5(10)7-6)9(11-2)12-3/h6H,4H2,1-3H3. The third-order valence-corrected chi connectivity index (χ3v) is 1.13. The highest BCUT2D eigenvalue weighted by molar-refractivity contribution is 5.73. The molecule has 0 aliphatic carbocycles. The van der Waals surface area contributed by atoms with Gasteiger partial charge in [-0.3, -0.25) is 9.68 Å². The number of carbonyl (C=O) groups excluding carboxylic acids is 1. The number of nitrogens with one attached hydrogen (secondary N) is 1. The van der Waals surface area contributed by atoms with E-state index < -0.39 is 6.03 Å². The van der Waals surface area contributed by atoms with Crippen molar-refractivity contribution in [1.82, 2.24) is 10.3 Å². The Hall–Kier alpha value is -1.05. The SMILES string of the molecule is CCN(C(=O)N=N)N(OC)OC. The maximum absolute atomic E-state index is 10.9. The lowest BCUT2D eigenvalue weighted by Crippen LogP contribution is -2.43. The van der Waals surface area contributed by atoms with E-state index in [1.54, 1.807) is 6.92 Å². The summed E-state index contributed by atoms with van der Waals surface area (Å²) in [5.74, 6) is 0. The van der Waals surface area contributed by atoms with Crippen LogP contribution >= 0.6 is 0 Å². The zero-order valence-electron chi connectivity index (χ0n) is 7.27. The van der Waals surface area contributed by atoms with Crippen molar-refractivity contribution in [3.63, 3.8) is 0 Å². The molecule has 7 heteroatoms. The van der Waals surface area contributed by atoms with Gasteiger partial charge < -0.3 is 0 Å². The highest BCUT2D eigenvalue weighted by Crippen LogP contribution is 2.00. The van der Waals surface area contributed by atoms with Crippen molar-refractivity contribution in [3.8, 4) is 0 Å². The van der Waals surface area contributed by atoms with Crippen LogP contribution < -0.4 is 0 Å². The van der Waals surface area contributed by atoms with E-state index in [1.807, 2.05) is 0 Å². The fourth-order valence-corrected chi connectivity index (χ4v) is 0.650. The van der Waals surface area contributed by atoms with Gasteiger partial charge in [-0.2, -0.15) is 5.53 Å². The second-order valence-corrected chi connectivity index (χ2v) is 1.71. The highest BCUT2D eigenvalue weighted by atomic mass is 17.0. The Morgan fingerprint density at radius 3 is 2.25 bits per heavy atom. The average Bonchev–Trinajstić information content (AvgIpc) is 2.12. The topological polar surface area (TPSA) is 78.2 Å². The first kappa shape index (κ1) is 11.0. The third-order valence-electron chi connectivity index (χ3n) is 1.13. The fraction of sp³-hybridized carbons (Fsp3) is 0.800. The number of hydrazine groups is 1. The molecule has 0 aliphatic rings. The Bertz CT molecular complexity index is 159. The predicted octanol–water partition coefficient (Wildman–Crippen LogP) is 0.799. The maximum Gasteiger partial charge on any atom is 0.379 e. The second kappa shape index (κ2) is 5.58. The zero-order chi connectivity index (χ0) is 9.56. The smallest absolute Gasteiger partial charge is 0.259 e. The van der Waals surface area contributed by atoms with Crippen LogP contribution in [0.4, 0.5) is 4.79 Å². The monoisotopic (exact) mass is 176 g/mol. The molecule has 0 saturated heterocycles. The van der Waals surface area contributed by atoms with Gasteiger partial charge >= 0.3 is 6.03 Å². The van der Waals surface area contributed by atoms with Gasteiger partial charge in [0.05, 0.1) is 14.2 Å². The van der Waals surface area contributed by atoms with E-state index in [1.165, 1.54) is 14.2 Å². The summed E-state index contributed by atoms with van der Waals surface area (Å²) in [6.07, 6.45) is 0. The molecular weight excluding hydrogens is 164 g/mol. The summed E-state index contributed by atoms with van der Waals surface area (Å²) in [6.45, 7) is 2.01. The largest absolute Gasteiger partial charge is 0.379 e. The zero-order valence-corrected chi connectivity index (χ0v) is 7.27. The molecule has 0 aromatic rings. The molecule has 0 aromatic carbocycles. The molecule has 70 valence electrons. The minimum absolute atomic E-state index is 0.308. The second-order valence-electron chi connectivity index (χ2n) is 1.71. The number of rotatable bonds is 4. The molecule has 0 atom stereocenters. The van der Waals surface area contributed by atoms with Crippen LogP contribution in [0, 0.1) is 5.53 Å². The van der Waals surface area contributed by atoms with Crippen molar-refractivity contribution in [1.29, 1.82) is 5.53 Å². The minimum atomic E-state index is -0.749. The molecular formula is C5H12N4O3. The summed E-state index contributed by atoms with van der Waals surface area (Å²) in [6, 6.07) is -0.749. The molecule has 0 unspecified atom stereocenters. The highest BCUT2D eigenvalue weighted by Gasteiger charge is 2.19. The van der Waals surface area contributed by atoms with Gasteiger partial charge in [-0.05, 0) is 6.92 Å². The number of hydrogen-bond donors (Lipinski definition) is 1. The lowest BCUT2D eigenvalue weighted by molar-refractivity contribution is -0.425. The number of amides is 2. The molecule has 0 radical (unpaired) electrons. The van der Waals surface area contributed by atoms with Gasteiger partial charge in [0.25, 0.3) is 0 Å². The molecule has 12 heavy (non-hydrogen) atoms. The summed E-state index contributed by atoms with van der Waals surface area (Å²) in [5, 5.41) is 4.58. The lowest BCUT2D eigenvalue weighted by atomic mass is 10.7. The Kier molecular flexibility index (Phi) is 5.09. The maximum atomic E-state index is 10.9. The summed E-state index contributed by atoms with van der Waals surface area (Å²) in [7, 11) is 2.67. The molecule has 2 amide bonds. The van der Waals surface area contributed by atoms with E-state index in [2.05, 4.69) is 14.8 Å². The van der Waals surface area contributed by atoms with Crippen LogP contribution in [-0.4, -0.2) is 37.1 Å². The predicted molar refractivity (Wildman–Crippen MR) is 38.8 cm³/mol. The first-order valence-corrected chi connectivity index (χ1v) is 3.28. The van der Waals surface area contributed by atoms with E-state index in [0.717, 1.165) is 10.3 Å². The van der Waals surface area contributed by atoms with Gasteiger partial charge in [0.2, 0.25) is 0 Å². The van der Waals surface area contributed by atoms with Crippen LogP contribution in [0.5, 0.6) is 0 Å². The average molecular weight is 176 g/mol. The lowest BCUT2D eigenvalue weighted by Gasteiger charge is -2.26. The first-order valence-electron chi connectivity index (χ1n) is 3.28. The molecule has 1 N–H and O–H groups in total. The van der Waals surface area contributed by atoms with E-state index in [0.29, 0.717) is 6.54 Å². The van der Waals surface area contributed by atoms with E-state index in [9.17, 15) is 4.79 Å². The quantitative estimate of drug-likeness (QED) is 0.507. The molecule has 0 aliphatic heterocycles. The van der Waals surface area contributed by atoms with Crippen LogP contribution in [0.2, 0.25) is 0 Å². The van der Waals surface area contributed by atoms with Crippen LogP contribution in [0.3, 0.4) is 0 Å². The number of nitrogens with zero attached hydrogens (tertiary/aromatic N) is 3. The van der Waals surface area contributed by atoms with Crippen LogP contribution in [0.25, 0.3) is 0 Å².